The van der Waals surface area contributed by atoms with Gasteiger partial charge in [-0.1, -0.05) is 25.6 Å². The fraction of sp³-hybridized carbons (Fsp3) is 0. The van der Waals surface area contributed by atoms with Gasteiger partial charge in [0.2, 0.25) is 0 Å². The largest absolute Gasteiger partial charge is 0.361 e. The highest BCUT2D eigenvalue weighted by Gasteiger charge is 2.11. The van der Waals surface area contributed by atoms with Crippen LogP contribution in [0, 0.1) is 0 Å². The van der Waals surface area contributed by atoms with Gasteiger partial charge in [-0.15, -0.1) is 0 Å². The predicted molar refractivity (Wildman–Crippen MR) is 34.0 cm³/mol. The van der Waals surface area contributed by atoms with Crippen LogP contribution in [0.25, 0.3) is 0 Å². The molecule has 4 nitrogen and oxygen atoms in total. The van der Waals surface area contributed by atoms with E-state index < -0.39 is 11.8 Å². The van der Waals surface area contributed by atoms with E-state index in [0.29, 0.717) is 3.71 Å². The molecule has 0 aliphatic heterocycles. The molecule has 8 heavy (non-hydrogen) atoms. The molecule has 0 aliphatic carbocycles. The van der Waals surface area contributed by atoms with Crippen molar-refractivity contribution in [2.45, 2.75) is 0 Å². The molecule has 0 bridgehead atoms. The van der Waals surface area contributed by atoms with Crippen molar-refractivity contribution < 1.29 is 9.59 Å². The number of carbonyl (C=O) groups is 2. The molecule has 0 unspecified atom stereocenters. The Morgan fingerprint density at radius 2 is 1.75 bits per heavy atom. The number of hydrogen-bond donors (Lipinski definition) is 3. The van der Waals surface area contributed by atoms with Gasteiger partial charge in [-0.2, -0.15) is 0 Å². The highest BCUT2D eigenvalue weighted by atomic mass is 32.2. The summed E-state index contributed by atoms with van der Waals surface area (Å²) in [6, 6.07) is 0. The minimum absolute atomic E-state index is 0.516. The average molecular weight is 152 g/mol. The Kier molecular flexibility index (Phi) is 2.70. The van der Waals surface area contributed by atoms with E-state index in [2.05, 4.69) is 31.4 Å². The number of primary amides is 1. The number of nitrogens with two attached hydrogens (primary N) is 1. The summed E-state index contributed by atoms with van der Waals surface area (Å²) in [7, 11) is 0. The first kappa shape index (κ1) is 7.64. The third-order valence-electron chi connectivity index (χ3n) is 0.392. The zero-order valence-electron chi connectivity index (χ0n) is 3.74. The second kappa shape index (κ2) is 2.83. The van der Waals surface area contributed by atoms with Crippen LogP contribution in [0.15, 0.2) is 0 Å². The van der Waals surface area contributed by atoms with Crippen molar-refractivity contribution in [3.05, 3.63) is 0 Å². The van der Waals surface area contributed by atoms with Crippen LogP contribution in [-0.2, 0) is 9.59 Å². The van der Waals surface area contributed by atoms with E-state index in [9.17, 15) is 9.59 Å². The van der Waals surface area contributed by atoms with Crippen molar-refractivity contribution >= 4 is 37.4 Å². The topological polar surface area (TPSA) is 63.4 Å². The molecule has 0 saturated heterocycles. The van der Waals surface area contributed by atoms with Crippen molar-refractivity contribution in [2.24, 2.45) is 5.73 Å². The van der Waals surface area contributed by atoms with E-state index >= 15 is 0 Å². The molecule has 2 N–H and O–H groups in total. The van der Waals surface area contributed by atoms with Crippen molar-refractivity contribution in [3.8, 4) is 0 Å². The van der Waals surface area contributed by atoms with E-state index in [1.807, 2.05) is 0 Å². The molecule has 0 aliphatic rings. The zero-order valence-corrected chi connectivity index (χ0v) is 5.52. The summed E-state index contributed by atoms with van der Waals surface area (Å²) >= 11 is 6.76. The molecule has 0 radical (unpaired) electrons. The summed E-state index contributed by atoms with van der Waals surface area (Å²) in [4.78, 5) is 20.0. The SMILES string of the molecule is NC(=O)C(=O)N(S)S. The summed E-state index contributed by atoms with van der Waals surface area (Å²) in [5, 5.41) is 0. The molecule has 2 amide bonds. The van der Waals surface area contributed by atoms with Gasteiger partial charge in [0.1, 0.15) is 0 Å². The monoisotopic (exact) mass is 152 g/mol. The molecular formula is C2H4N2O2S2. The number of thiol groups is 2. The maximum atomic E-state index is 10.1. The van der Waals surface area contributed by atoms with Crippen LogP contribution in [0.1, 0.15) is 0 Å². The van der Waals surface area contributed by atoms with Gasteiger partial charge >= 0.3 is 11.8 Å². The fourth-order valence-electron chi connectivity index (χ4n) is 0.0986. The molecular weight excluding hydrogens is 148 g/mol. The van der Waals surface area contributed by atoms with Crippen molar-refractivity contribution in [3.63, 3.8) is 0 Å². The van der Waals surface area contributed by atoms with Crippen LogP contribution in [0.5, 0.6) is 0 Å². The van der Waals surface area contributed by atoms with Crippen LogP contribution in [-0.4, -0.2) is 15.5 Å². The lowest BCUT2D eigenvalue weighted by Gasteiger charge is -2.00. The van der Waals surface area contributed by atoms with Gasteiger partial charge in [-0.25, -0.2) is 3.71 Å². The first-order valence-corrected chi connectivity index (χ1v) is 2.37. The molecule has 0 aromatic carbocycles. The maximum absolute atomic E-state index is 10.1. The van der Waals surface area contributed by atoms with Gasteiger partial charge in [-0.3, -0.25) is 9.59 Å². The highest BCUT2D eigenvalue weighted by molar-refractivity contribution is 7.94. The Morgan fingerprint density at radius 3 is 1.75 bits per heavy atom. The molecule has 6 heteroatoms. The molecule has 0 fully saturated rings. The lowest BCUT2D eigenvalue weighted by molar-refractivity contribution is -0.138. The third kappa shape index (κ3) is 2.08. The normalized spacial score (nSPS) is 8.25. The maximum Gasteiger partial charge on any atom is 0.331 e. The predicted octanol–water partition coefficient (Wildman–Crippen LogP) is -1.01. The quantitative estimate of drug-likeness (QED) is 0.307. The Balaban J connectivity index is 3.84. The van der Waals surface area contributed by atoms with Gasteiger partial charge < -0.3 is 5.73 Å². The van der Waals surface area contributed by atoms with E-state index in [1.165, 1.54) is 0 Å². The number of amides is 2. The number of nitrogens with zero attached hydrogens (tertiary/aromatic N) is 1. The lowest BCUT2D eigenvalue weighted by Crippen LogP contribution is -2.29. The number of rotatable bonds is 0. The number of carbonyl (C=O) groups excluding carboxylic acids is 2. The van der Waals surface area contributed by atoms with Gasteiger partial charge in [0.25, 0.3) is 0 Å². The molecule has 0 aromatic rings. The first-order chi connectivity index (χ1) is 3.55. The molecule has 0 spiro atoms. The average Bonchev–Trinajstić information content (AvgIpc) is 1.64. The van der Waals surface area contributed by atoms with Crippen molar-refractivity contribution in [2.75, 3.05) is 0 Å². The second-order valence-corrected chi connectivity index (χ2v) is 2.07. The highest BCUT2D eigenvalue weighted by Crippen LogP contribution is 1.95. The Bertz CT molecular complexity index is 123. The van der Waals surface area contributed by atoms with Gasteiger partial charge in [-0.05, 0) is 0 Å². The van der Waals surface area contributed by atoms with Gasteiger partial charge in [0.15, 0.2) is 0 Å². The van der Waals surface area contributed by atoms with Crippen LogP contribution < -0.4 is 5.73 Å². The summed E-state index contributed by atoms with van der Waals surface area (Å²) in [5.74, 6) is -2.02. The summed E-state index contributed by atoms with van der Waals surface area (Å²) in [6.07, 6.45) is 0. The Labute approximate surface area is 57.1 Å². The minimum atomic E-state index is -1.07. The standard InChI is InChI=1S/C2H4N2O2S2/c3-1(5)2(6)4(7)8/h7-8H,(H2,3,5). The Morgan fingerprint density at radius 1 is 1.38 bits per heavy atom. The van der Waals surface area contributed by atoms with Crippen LogP contribution >= 0.6 is 25.6 Å². The van der Waals surface area contributed by atoms with Crippen molar-refractivity contribution in [1.29, 1.82) is 0 Å². The third-order valence-corrected chi connectivity index (χ3v) is 0.756. The smallest absolute Gasteiger partial charge is 0.331 e. The molecule has 0 saturated carbocycles. The second-order valence-electron chi connectivity index (χ2n) is 0.959. The summed E-state index contributed by atoms with van der Waals surface area (Å²) in [5.41, 5.74) is 4.51. The number of hydrogen-bond acceptors (Lipinski definition) is 4. The van der Waals surface area contributed by atoms with Crippen molar-refractivity contribution in [1.82, 2.24) is 3.71 Å². The zero-order chi connectivity index (χ0) is 6.73. The van der Waals surface area contributed by atoms with Crippen LogP contribution in [0.4, 0.5) is 0 Å². The molecule has 0 heterocycles. The fourth-order valence-corrected chi connectivity index (χ4v) is 0.296. The molecule has 0 atom stereocenters. The van der Waals surface area contributed by atoms with Crippen LogP contribution in [0.3, 0.4) is 0 Å². The first-order valence-electron chi connectivity index (χ1n) is 1.57. The molecule has 0 aromatic heterocycles. The Hall–Kier alpha value is -0.360. The molecule has 0 rings (SSSR count). The van der Waals surface area contributed by atoms with Crippen LogP contribution in [0.2, 0.25) is 0 Å². The summed E-state index contributed by atoms with van der Waals surface area (Å²) in [6.45, 7) is 0. The summed E-state index contributed by atoms with van der Waals surface area (Å²) < 4.78 is 0.516. The van der Waals surface area contributed by atoms with Gasteiger partial charge in [0, 0.05) is 0 Å². The van der Waals surface area contributed by atoms with E-state index in [0.717, 1.165) is 0 Å². The van der Waals surface area contributed by atoms with E-state index in [4.69, 9.17) is 0 Å². The lowest BCUT2D eigenvalue weighted by atomic mass is 10.6. The van der Waals surface area contributed by atoms with E-state index in [-0.39, 0.29) is 0 Å². The van der Waals surface area contributed by atoms with E-state index in [1.54, 1.807) is 0 Å². The van der Waals surface area contributed by atoms with Gasteiger partial charge in [0.05, 0.1) is 0 Å². The molecule has 46 valence electrons. The minimum Gasteiger partial charge on any atom is -0.361 e.